The smallest absolute Gasteiger partial charge is 0.224 e. The number of nitrogens with one attached hydrogen (secondary N) is 1. The van der Waals surface area contributed by atoms with Gasteiger partial charge >= 0.3 is 0 Å². The van der Waals surface area contributed by atoms with Gasteiger partial charge in [0.1, 0.15) is 6.10 Å². The molecule has 0 aromatic heterocycles. The van der Waals surface area contributed by atoms with E-state index >= 15 is 0 Å². The Kier molecular flexibility index (Phi) is 5.40. The van der Waals surface area contributed by atoms with Gasteiger partial charge in [-0.3, -0.25) is 9.79 Å². The van der Waals surface area contributed by atoms with E-state index in [2.05, 4.69) is 55.3 Å². The van der Waals surface area contributed by atoms with E-state index in [9.17, 15) is 4.79 Å². The molecule has 1 aliphatic rings. The van der Waals surface area contributed by atoms with Gasteiger partial charge in [0.2, 0.25) is 5.91 Å². The number of carbonyl (C=O) groups excluding carboxylic acids is 1. The number of hydrogen-bond acceptors (Lipinski definition) is 3. The number of benzene rings is 2. The molecular formula is C22H26N2O2. The van der Waals surface area contributed by atoms with Gasteiger partial charge in [-0.2, -0.15) is 0 Å². The molecule has 0 radical (unpaired) electrons. The molecule has 0 saturated carbocycles. The van der Waals surface area contributed by atoms with E-state index in [4.69, 9.17) is 4.74 Å². The van der Waals surface area contributed by atoms with Crippen molar-refractivity contribution in [1.82, 2.24) is 0 Å². The van der Waals surface area contributed by atoms with Crippen LogP contribution in [0.1, 0.15) is 50.0 Å². The van der Waals surface area contributed by atoms with Crippen LogP contribution in [0.15, 0.2) is 53.5 Å². The van der Waals surface area contributed by atoms with Gasteiger partial charge in [-0.15, -0.1) is 0 Å². The maximum absolute atomic E-state index is 12.2. The summed E-state index contributed by atoms with van der Waals surface area (Å²) in [6.07, 6.45) is 2.70. The van der Waals surface area contributed by atoms with E-state index in [0.717, 1.165) is 17.7 Å². The first kappa shape index (κ1) is 18.2. The number of carbonyl (C=O) groups is 1. The van der Waals surface area contributed by atoms with E-state index < -0.39 is 0 Å². The normalized spacial score (nSPS) is 16.3. The fourth-order valence-corrected chi connectivity index (χ4v) is 2.92. The highest BCUT2D eigenvalue weighted by atomic mass is 16.5. The molecule has 2 aromatic carbocycles. The van der Waals surface area contributed by atoms with Gasteiger partial charge in [0.25, 0.3) is 0 Å². The minimum absolute atomic E-state index is 0.00387. The Morgan fingerprint density at radius 1 is 1.12 bits per heavy atom. The van der Waals surface area contributed by atoms with Gasteiger partial charge in [0.15, 0.2) is 6.40 Å². The van der Waals surface area contributed by atoms with Crippen LogP contribution in [0, 0.1) is 0 Å². The molecule has 1 heterocycles. The van der Waals surface area contributed by atoms with Crippen molar-refractivity contribution in [1.29, 1.82) is 0 Å². The van der Waals surface area contributed by atoms with Crippen molar-refractivity contribution in [3.8, 4) is 0 Å². The molecule has 0 bridgehead atoms. The van der Waals surface area contributed by atoms with Gasteiger partial charge < -0.3 is 10.1 Å². The number of nitrogens with zero attached hydrogens (tertiary/aromatic N) is 1. The number of ether oxygens (including phenoxy) is 1. The van der Waals surface area contributed by atoms with Gasteiger partial charge in [-0.25, -0.2) is 0 Å². The van der Waals surface area contributed by atoms with Crippen molar-refractivity contribution in [3.05, 3.63) is 65.2 Å². The molecule has 1 atom stereocenters. The van der Waals surface area contributed by atoms with E-state index in [0.29, 0.717) is 13.0 Å². The van der Waals surface area contributed by atoms with Gasteiger partial charge in [0, 0.05) is 12.1 Å². The summed E-state index contributed by atoms with van der Waals surface area (Å²) in [7, 11) is 0. The molecule has 3 rings (SSSR count). The second-order valence-electron chi connectivity index (χ2n) is 7.71. The fourth-order valence-electron chi connectivity index (χ4n) is 2.92. The van der Waals surface area contributed by atoms with Crippen molar-refractivity contribution in [2.45, 2.75) is 45.1 Å². The lowest BCUT2D eigenvalue weighted by Gasteiger charge is -2.19. The minimum Gasteiger partial charge on any atom is -0.474 e. The van der Waals surface area contributed by atoms with E-state index in [1.165, 1.54) is 17.5 Å². The summed E-state index contributed by atoms with van der Waals surface area (Å²) in [6, 6.07) is 16.3. The van der Waals surface area contributed by atoms with Crippen molar-refractivity contribution >= 4 is 18.0 Å². The van der Waals surface area contributed by atoms with E-state index in [1.54, 1.807) is 0 Å². The van der Waals surface area contributed by atoms with Crippen molar-refractivity contribution in [2.24, 2.45) is 4.99 Å². The molecule has 0 spiro atoms. The highest BCUT2D eigenvalue weighted by molar-refractivity contribution is 5.90. The second kappa shape index (κ2) is 7.73. The molecule has 1 aliphatic heterocycles. The fraction of sp³-hybridized carbons (Fsp3) is 0.364. The van der Waals surface area contributed by atoms with Gasteiger partial charge in [-0.1, -0.05) is 57.2 Å². The molecule has 1 amide bonds. The Bertz CT molecular complexity index is 763. The zero-order valence-corrected chi connectivity index (χ0v) is 15.7. The summed E-state index contributed by atoms with van der Waals surface area (Å²) in [4.78, 5) is 16.3. The number of amides is 1. The minimum atomic E-state index is -0.00387. The van der Waals surface area contributed by atoms with E-state index in [1.807, 2.05) is 24.3 Å². The average Bonchev–Trinajstić information content (AvgIpc) is 3.15. The molecule has 0 fully saturated rings. The molecule has 26 heavy (non-hydrogen) atoms. The third-order valence-corrected chi connectivity index (χ3v) is 4.60. The molecule has 4 heteroatoms. The molecular weight excluding hydrogens is 324 g/mol. The van der Waals surface area contributed by atoms with Crippen molar-refractivity contribution in [3.63, 3.8) is 0 Å². The number of aliphatic imine (C=N–C) groups is 1. The lowest BCUT2D eigenvalue weighted by molar-refractivity contribution is -0.116. The second-order valence-corrected chi connectivity index (χ2v) is 7.71. The number of hydrogen-bond donors (Lipinski definition) is 1. The molecule has 0 aliphatic carbocycles. The Hall–Kier alpha value is -2.62. The molecule has 1 N–H and O–H groups in total. The summed E-state index contributed by atoms with van der Waals surface area (Å²) >= 11 is 0. The largest absolute Gasteiger partial charge is 0.474 e. The van der Waals surface area contributed by atoms with Crippen molar-refractivity contribution in [2.75, 3.05) is 11.9 Å². The number of aryl methyl sites for hydroxylation is 1. The molecule has 2 aromatic rings. The Balaban J connectivity index is 1.49. The Labute approximate surface area is 155 Å². The predicted octanol–water partition coefficient (Wildman–Crippen LogP) is 4.66. The van der Waals surface area contributed by atoms with Gasteiger partial charge in [-0.05, 0) is 40.7 Å². The van der Waals surface area contributed by atoms with Crippen LogP contribution in [-0.4, -0.2) is 18.9 Å². The van der Waals surface area contributed by atoms with E-state index in [-0.39, 0.29) is 17.4 Å². The summed E-state index contributed by atoms with van der Waals surface area (Å²) < 4.78 is 5.40. The van der Waals surface area contributed by atoms with Crippen LogP contribution in [0.4, 0.5) is 5.69 Å². The number of rotatable bonds is 5. The molecule has 4 nitrogen and oxygen atoms in total. The highest BCUT2D eigenvalue weighted by Crippen LogP contribution is 2.23. The first-order valence-corrected chi connectivity index (χ1v) is 9.05. The summed E-state index contributed by atoms with van der Waals surface area (Å²) in [6.45, 7) is 7.26. The topological polar surface area (TPSA) is 50.7 Å². The third-order valence-electron chi connectivity index (χ3n) is 4.60. The maximum Gasteiger partial charge on any atom is 0.224 e. The van der Waals surface area contributed by atoms with Crippen LogP contribution >= 0.6 is 0 Å². The third kappa shape index (κ3) is 4.72. The SMILES string of the molecule is CC(C)(C)c1ccc(CCC(=O)Nc2ccc(C3CN=CO3)cc2)cc1. The quantitative estimate of drug-likeness (QED) is 0.853. The molecule has 1 unspecified atom stereocenters. The molecule has 0 saturated heterocycles. The summed E-state index contributed by atoms with van der Waals surface area (Å²) in [5, 5.41) is 2.95. The lowest BCUT2D eigenvalue weighted by Crippen LogP contribution is -2.13. The highest BCUT2D eigenvalue weighted by Gasteiger charge is 2.15. The first-order valence-electron chi connectivity index (χ1n) is 9.05. The van der Waals surface area contributed by atoms with Crippen LogP contribution in [0.25, 0.3) is 0 Å². The van der Waals surface area contributed by atoms with Crippen LogP contribution in [0.2, 0.25) is 0 Å². The van der Waals surface area contributed by atoms with Crippen molar-refractivity contribution < 1.29 is 9.53 Å². The summed E-state index contributed by atoms with van der Waals surface area (Å²) in [5.41, 5.74) is 4.52. The monoisotopic (exact) mass is 350 g/mol. The Morgan fingerprint density at radius 2 is 1.81 bits per heavy atom. The zero-order chi connectivity index (χ0) is 18.6. The summed E-state index contributed by atoms with van der Waals surface area (Å²) in [5.74, 6) is 0.0260. The van der Waals surface area contributed by atoms with Crippen LogP contribution in [0.3, 0.4) is 0 Å². The first-order chi connectivity index (χ1) is 12.4. The predicted molar refractivity (Wildman–Crippen MR) is 106 cm³/mol. The van der Waals surface area contributed by atoms with Crippen LogP contribution in [-0.2, 0) is 21.4 Å². The van der Waals surface area contributed by atoms with Gasteiger partial charge in [0.05, 0.1) is 6.54 Å². The maximum atomic E-state index is 12.2. The lowest BCUT2D eigenvalue weighted by atomic mass is 9.86. The average molecular weight is 350 g/mol. The van der Waals surface area contributed by atoms with Crippen LogP contribution < -0.4 is 5.32 Å². The number of anilines is 1. The standard InChI is InChI=1S/C22H26N2O2/c1-22(2,3)18-9-4-16(5-10-18)6-13-21(25)24-19-11-7-17(8-12-19)20-14-23-15-26-20/h4-5,7-12,15,20H,6,13-14H2,1-3H3,(H,24,25). The zero-order valence-electron chi connectivity index (χ0n) is 15.7. The Morgan fingerprint density at radius 3 is 2.38 bits per heavy atom. The molecule has 136 valence electrons. The van der Waals surface area contributed by atoms with Crippen LogP contribution in [0.5, 0.6) is 0 Å².